The summed E-state index contributed by atoms with van der Waals surface area (Å²) in [7, 11) is 0. The van der Waals surface area contributed by atoms with Crippen molar-refractivity contribution in [2.45, 2.75) is 12.8 Å². The van der Waals surface area contributed by atoms with Crippen LogP contribution in [0, 0.1) is 5.92 Å². The first kappa shape index (κ1) is 16.7. The molecule has 0 aliphatic carbocycles. The fraction of sp³-hybridized carbons (Fsp3) is 0.273. The van der Waals surface area contributed by atoms with Gasteiger partial charge in [-0.1, -0.05) is 36.4 Å². The molecule has 1 aliphatic heterocycles. The van der Waals surface area contributed by atoms with Crippen molar-refractivity contribution in [3.05, 3.63) is 66.2 Å². The van der Waals surface area contributed by atoms with Gasteiger partial charge in [-0.2, -0.15) is 0 Å². The predicted octanol–water partition coefficient (Wildman–Crippen LogP) is 4.06. The number of aromatic nitrogens is 1. The molecule has 1 fully saturated rings. The number of rotatable bonds is 5. The van der Waals surface area contributed by atoms with Gasteiger partial charge in [-0.15, -0.1) is 0 Å². The Bertz CT molecular complexity index is 917. The highest BCUT2D eigenvalue weighted by Gasteiger charge is 2.15. The van der Waals surface area contributed by atoms with Gasteiger partial charge in [0.2, 0.25) is 0 Å². The van der Waals surface area contributed by atoms with Gasteiger partial charge in [-0.05, 0) is 43.0 Å². The van der Waals surface area contributed by atoms with Gasteiger partial charge in [0.15, 0.2) is 0 Å². The lowest BCUT2D eigenvalue weighted by atomic mass is 10.0. The zero-order valence-electron chi connectivity index (χ0n) is 14.7. The van der Waals surface area contributed by atoms with E-state index in [0.29, 0.717) is 18.0 Å². The van der Waals surface area contributed by atoms with Gasteiger partial charge in [0.1, 0.15) is 0 Å². The molecule has 26 heavy (non-hydrogen) atoms. The van der Waals surface area contributed by atoms with Crippen LogP contribution >= 0.6 is 0 Å². The predicted molar refractivity (Wildman–Crippen MR) is 103 cm³/mol. The SMILES string of the molecule is O=C(NCC[C@@H]1CCOC1)c1cccc(-c2ccc3ccccc3n2)c1. The van der Waals surface area contributed by atoms with Crippen LogP contribution in [-0.4, -0.2) is 30.6 Å². The second-order valence-electron chi connectivity index (χ2n) is 6.74. The van der Waals surface area contributed by atoms with E-state index in [9.17, 15) is 4.79 Å². The van der Waals surface area contributed by atoms with Crippen LogP contribution in [0.5, 0.6) is 0 Å². The molecular weight excluding hydrogens is 324 g/mol. The van der Waals surface area contributed by atoms with Crippen molar-refractivity contribution in [2.75, 3.05) is 19.8 Å². The Morgan fingerprint density at radius 3 is 2.92 bits per heavy atom. The average Bonchev–Trinajstić information content (AvgIpc) is 3.21. The van der Waals surface area contributed by atoms with Gasteiger partial charge in [0.25, 0.3) is 5.91 Å². The third kappa shape index (κ3) is 3.75. The number of pyridine rings is 1. The molecule has 1 N–H and O–H groups in total. The molecule has 0 saturated carbocycles. The van der Waals surface area contributed by atoms with Gasteiger partial charge in [0.05, 0.1) is 11.2 Å². The maximum absolute atomic E-state index is 12.5. The van der Waals surface area contributed by atoms with Crippen molar-refractivity contribution in [3.8, 4) is 11.3 Å². The zero-order chi connectivity index (χ0) is 17.8. The summed E-state index contributed by atoms with van der Waals surface area (Å²) in [6.07, 6.45) is 2.07. The van der Waals surface area contributed by atoms with Crippen LogP contribution in [0.15, 0.2) is 60.7 Å². The summed E-state index contributed by atoms with van der Waals surface area (Å²) >= 11 is 0. The molecule has 1 aromatic heterocycles. The monoisotopic (exact) mass is 346 g/mol. The number of benzene rings is 2. The van der Waals surface area contributed by atoms with Crippen LogP contribution in [0.3, 0.4) is 0 Å². The largest absolute Gasteiger partial charge is 0.381 e. The minimum Gasteiger partial charge on any atom is -0.381 e. The summed E-state index contributed by atoms with van der Waals surface area (Å²) in [5, 5.41) is 4.13. The van der Waals surface area contributed by atoms with Crippen molar-refractivity contribution >= 4 is 16.8 Å². The fourth-order valence-corrected chi connectivity index (χ4v) is 3.35. The van der Waals surface area contributed by atoms with Crippen LogP contribution in [0.2, 0.25) is 0 Å². The standard InChI is InChI=1S/C22H22N2O2/c25-22(23-12-10-16-11-13-26-15-16)19-6-3-5-18(14-19)21-9-8-17-4-1-2-7-20(17)24-21/h1-9,14,16H,10-13,15H2,(H,23,25)/t16-/m1/s1. The van der Waals surface area contributed by atoms with Gasteiger partial charge >= 0.3 is 0 Å². The number of hydrogen-bond acceptors (Lipinski definition) is 3. The molecule has 4 rings (SSSR count). The molecule has 0 unspecified atom stereocenters. The average molecular weight is 346 g/mol. The molecule has 0 radical (unpaired) electrons. The Morgan fingerprint density at radius 1 is 1.12 bits per heavy atom. The third-order valence-electron chi connectivity index (χ3n) is 4.88. The number of nitrogens with one attached hydrogen (secondary N) is 1. The number of fused-ring (bicyclic) bond motifs is 1. The normalized spacial score (nSPS) is 16.7. The number of carbonyl (C=O) groups is 1. The number of carbonyl (C=O) groups excluding carboxylic acids is 1. The van der Waals surface area contributed by atoms with E-state index in [1.807, 2.05) is 54.6 Å². The Labute approximate surface area is 153 Å². The topological polar surface area (TPSA) is 51.2 Å². The van der Waals surface area contributed by atoms with E-state index in [2.05, 4.69) is 11.4 Å². The maximum atomic E-state index is 12.5. The van der Waals surface area contributed by atoms with E-state index in [1.54, 1.807) is 0 Å². The van der Waals surface area contributed by atoms with Crippen molar-refractivity contribution in [1.82, 2.24) is 10.3 Å². The van der Waals surface area contributed by atoms with Crippen LogP contribution in [0.4, 0.5) is 0 Å². The third-order valence-corrected chi connectivity index (χ3v) is 4.88. The van der Waals surface area contributed by atoms with E-state index in [1.165, 1.54) is 0 Å². The Hall–Kier alpha value is -2.72. The molecule has 1 atom stereocenters. The summed E-state index contributed by atoms with van der Waals surface area (Å²) in [6, 6.07) is 19.8. The molecule has 0 bridgehead atoms. The number of para-hydroxylation sites is 1. The van der Waals surface area contributed by atoms with E-state index in [0.717, 1.165) is 48.2 Å². The van der Waals surface area contributed by atoms with Gasteiger partial charge in [-0.3, -0.25) is 4.79 Å². The van der Waals surface area contributed by atoms with Crippen molar-refractivity contribution < 1.29 is 9.53 Å². The molecule has 0 spiro atoms. The van der Waals surface area contributed by atoms with Crippen molar-refractivity contribution in [2.24, 2.45) is 5.92 Å². The van der Waals surface area contributed by atoms with Gasteiger partial charge in [0, 0.05) is 36.3 Å². The molecule has 4 nitrogen and oxygen atoms in total. The van der Waals surface area contributed by atoms with Gasteiger partial charge < -0.3 is 10.1 Å². The summed E-state index contributed by atoms with van der Waals surface area (Å²) in [6.45, 7) is 2.35. The van der Waals surface area contributed by atoms with E-state index in [4.69, 9.17) is 9.72 Å². The number of ether oxygens (including phenoxy) is 1. The second kappa shape index (κ2) is 7.67. The highest BCUT2D eigenvalue weighted by atomic mass is 16.5. The van der Waals surface area contributed by atoms with E-state index >= 15 is 0 Å². The van der Waals surface area contributed by atoms with Crippen LogP contribution in [-0.2, 0) is 4.74 Å². The van der Waals surface area contributed by atoms with Crippen molar-refractivity contribution in [1.29, 1.82) is 0 Å². The maximum Gasteiger partial charge on any atom is 0.251 e. The van der Waals surface area contributed by atoms with Gasteiger partial charge in [-0.25, -0.2) is 4.98 Å². The quantitative estimate of drug-likeness (QED) is 0.758. The van der Waals surface area contributed by atoms with E-state index in [-0.39, 0.29) is 5.91 Å². The van der Waals surface area contributed by atoms with Crippen LogP contribution in [0.25, 0.3) is 22.2 Å². The number of nitrogens with zero attached hydrogens (tertiary/aromatic N) is 1. The number of amides is 1. The molecule has 1 amide bonds. The Balaban J connectivity index is 1.47. The van der Waals surface area contributed by atoms with E-state index < -0.39 is 0 Å². The molecule has 1 aliphatic rings. The minimum absolute atomic E-state index is 0.0356. The zero-order valence-corrected chi connectivity index (χ0v) is 14.7. The van der Waals surface area contributed by atoms with Crippen LogP contribution < -0.4 is 5.32 Å². The lowest BCUT2D eigenvalue weighted by Crippen LogP contribution is -2.26. The fourth-order valence-electron chi connectivity index (χ4n) is 3.35. The van der Waals surface area contributed by atoms with Crippen LogP contribution in [0.1, 0.15) is 23.2 Å². The molecular formula is C22H22N2O2. The summed E-state index contributed by atoms with van der Waals surface area (Å²) in [4.78, 5) is 17.2. The smallest absolute Gasteiger partial charge is 0.251 e. The summed E-state index contributed by atoms with van der Waals surface area (Å²) < 4.78 is 5.37. The molecule has 132 valence electrons. The lowest BCUT2D eigenvalue weighted by Gasteiger charge is -2.10. The highest BCUT2D eigenvalue weighted by Crippen LogP contribution is 2.22. The summed E-state index contributed by atoms with van der Waals surface area (Å²) in [5.41, 5.74) is 3.45. The second-order valence-corrected chi connectivity index (χ2v) is 6.74. The first-order chi connectivity index (χ1) is 12.8. The Morgan fingerprint density at radius 2 is 2.04 bits per heavy atom. The molecule has 1 saturated heterocycles. The molecule has 3 aromatic rings. The summed E-state index contributed by atoms with van der Waals surface area (Å²) in [5.74, 6) is 0.537. The molecule has 2 heterocycles. The highest BCUT2D eigenvalue weighted by molar-refractivity contribution is 5.95. The first-order valence-electron chi connectivity index (χ1n) is 9.12. The lowest BCUT2D eigenvalue weighted by molar-refractivity contribution is 0.0950. The first-order valence-corrected chi connectivity index (χ1v) is 9.12. The van der Waals surface area contributed by atoms with Crippen molar-refractivity contribution in [3.63, 3.8) is 0 Å². The molecule has 4 heteroatoms. The minimum atomic E-state index is -0.0356. The Kier molecular flexibility index (Phi) is 4.93. The number of hydrogen-bond donors (Lipinski definition) is 1. The molecule has 2 aromatic carbocycles.